The standard InChI is InChI=1S/C11H15N3O2/c15-11(10-3-1-6-16-10)13-7-9(8-13)14-5-2-4-12-14/h2,4-5,9-10H,1,3,6-8H2. The van der Waals surface area contributed by atoms with Crippen LogP contribution in [0.3, 0.4) is 0 Å². The number of carbonyl (C=O) groups excluding carboxylic acids is 1. The molecule has 3 heterocycles. The van der Waals surface area contributed by atoms with Crippen molar-refractivity contribution in [2.24, 2.45) is 0 Å². The van der Waals surface area contributed by atoms with Crippen molar-refractivity contribution in [3.05, 3.63) is 18.5 Å². The number of aromatic nitrogens is 2. The van der Waals surface area contributed by atoms with Crippen LogP contribution < -0.4 is 0 Å². The van der Waals surface area contributed by atoms with Crippen molar-refractivity contribution in [2.75, 3.05) is 19.7 Å². The summed E-state index contributed by atoms with van der Waals surface area (Å²) < 4.78 is 7.30. The fraction of sp³-hybridized carbons (Fsp3) is 0.636. The fourth-order valence-electron chi connectivity index (χ4n) is 2.28. The Balaban J connectivity index is 1.55. The van der Waals surface area contributed by atoms with Gasteiger partial charge in [-0.15, -0.1) is 0 Å². The molecule has 16 heavy (non-hydrogen) atoms. The van der Waals surface area contributed by atoms with E-state index in [1.165, 1.54) is 0 Å². The number of nitrogens with zero attached hydrogens (tertiary/aromatic N) is 3. The SMILES string of the molecule is O=C(C1CCCO1)N1CC(n2cccn2)C1. The van der Waals surface area contributed by atoms with Gasteiger partial charge >= 0.3 is 0 Å². The highest BCUT2D eigenvalue weighted by Crippen LogP contribution is 2.24. The molecule has 0 radical (unpaired) electrons. The monoisotopic (exact) mass is 221 g/mol. The molecule has 1 amide bonds. The lowest BCUT2D eigenvalue weighted by molar-refractivity contribution is -0.147. The maximum Gasteiger partial charge on any atom is 0.251 e. The zero-order valence-electron chi connectivity index (χ0n) is 9.08. The second-order valence-corrected chi connectivity index (χ2v) is 4.38. The van der Waals surface area contributed by atoms with E-state index in [-0.39, 0.29) is 12.0 Å². The minimum Gasteiger partial charge on any atom is -0.368 e. The van der Waals surface area contributed by atoms with E-state index < -0.39 is 0 Å². The molecule has 1 unspecified atom stereocenters. The van der Waals surface area contributed by atoms with Crippen molar-refractivity contribution >= 4 is 5.91 Å². The molecule has 2 fully saturated rings. The molecule has 0 aromatic carbocycles. The number of rotatable bonds is 2. The van der Waals surface area contributed by atoms with Crippen molar-refractivity contribution < 1.29 is 9.53 Å². The van der Waals surface area contributed by atoms with Gasteiger partial charge in [0.15, 0.2) is 0 Å². The third-order valence-corrected chi connectivity index (χ3v) is 3.28. The number of ether oxygens (including phenoxy) is 1. The van der Waals surface area contributed by atoms with Gasteiger partial charge in [-0.25, -0.2) is 0 Å². The summed E-state index contributed by atoms with van der Waals surface area (Å²) >= 11 is 0. The van der Waals surface area contributed by atoms with Crippen molar-refractivity contribution in [3.8, 4) is 0 Å². The molecule has 1 aromatic heterocycles. The van der Waals surface area contributed by atoms with Gasteiger partial charge in [0.25, 0.3) is 5.91 Å². The van der Waals surface area contributed by atoms with Gasteiger partial charge in [0, 0.05) is 32.1 Å². The van der Waals surface area contributed by atoms with Crippen LogP contribution >= 0.6 is 0 Å². The highest BCUT2D eigenvalue weighted by Gasteiger charge is 2.37. The lowest BCUT2D eigenvalue weighted by Gasteiger charge is -2.40. The molecule has 0 saturated carbocycles. The molecular formula is C11H15N3O2. The first-order valence-electron chi connectivity index (χ1n) is 5.74. The van der Waals surface area contributed by atoms with Gasteiger partial charge in [0.2, 0.25) is 0 Å². The number of likely N-dealkylation sites (tertiary alicyclic amines) is 1. The topological polar surface area (TPSA) is 47.4 Å². The molecule has 0 N–H and O–H groups in total. The second kappa shape index (κ2) is 3.90. The van der Waals surface area contributed by atoms with Crippen LogP contribution in [0.25, 0.3) is 0 Å². The predicted molar refractivity (Wildman–Crippen MR) is 56.8 cm³/mol. The highest BCUT2D eigenvalue weighted by molar-refractivity contribution is 5.82. The normalized spacial score (nSPS) is 25.8. The van der Waals surface area contributed by atoms with Crippen LogP contribution in [0.15, 0.2) is 18.5 Å². The maximum absolute atomic E-state index is 11.9. The summed E-state index contributed by atoms with van der Waals surface area (Å²) in [5.41, 5.74) is 0. The average Bonchev–Trinajstić information content (AvgIpc) is 2.88. The van der Waals surface area contributed by atoms with Gasteiger partial charge in [-0.3, -0.25) is 9.48 Å². The third kappa shape index (κ3) is 1.61. The zero-order chi connectivity index (χ0) is 11.0. The van der Waals surface area contributed by atoms with E-state index in [2.05, 4.69) is 5.10 Å². The van der Waals surface area contributed by atoms with Crippen molar-refractivity contribution in [2.45, 2.75) is 25.0 Å². The first kappa shape index (κ1) is 9.84. The number of hydrogen-bond acceptors (Lipinski definition) is 3. The summed E-state index contributed by atoms with van der Waals surface area (Å²) in [6, 6.07) is 2.25. The number of amides is 1. The van der Waals surface area contributed by atoms with E-state index in [0.29, 0.717) is 6.04 Å². The molecule has 86 valence electrons. The van der Waals surface area contributed by atoms with Crippen molar-refractivity contribution in [1.82, 2.24) is 14.7 Å². The molecule has 0 spiro atoms. The number of hydrogen-bond donors (Lipinski definition) is 0. The molecule has 2 aliphatic heterocycles. The first-order valence-corrected chi connectivity index (χ1v) is 5.74. The summed E-state index contributed by atoms with van der Waals surface area (Å²) in [5, 5.41) is 4.18. The Morgan fingerprint density at radius 1 is 1.44 bits per heavy atom. The van der Waals surface area contributed by atoms with Crippen LogP contribution in [-0.2, 0) is 9.53 Å². The average molecular weight is 221 g/mol. The Hall–Kier alpha value is -1.36. The van der Waals surface area contributed by atoms with Crippen LogP contribution in [0.2, 0.25) is 0 Å². The lowest BCUT2D eigenvalue weighted by Crippen LogP contribution is -2.53. The highest BCUT2D eigenvalue weighted by atomic mass is 16.5. The van der Waals surface area contributed by atoms with Crippen LogP contribution in [0.5, 0.6) is 0 Å². The van der Waals surface area contributed by atoms with Crippen molar-refractivity contribution in [1.29, 1.82) is 0 Å². The molecule has 2 saturated heterocycles. The smallest absolute Gasteiger partial charge is 0.251 e. The Labute approximate surface area is 94.0 Å². The van der Waals surface area contributed by atoms with Gasteiger partial charge < -0.3 is 9.64 Å². The van der Waals surface area contributed by atoms with Gasteiger partial charge in [-0.05, 0) is 18.9 Å². The molecule has 5 heteroatoms. The van der Waals surface area contributed by atoms with E-state index in [0.717, 1.165) is 32.5 Å². The molecule has 1 aromatic rings. The minimum absolute atomic E-state index is 0.154. The first-order chi connectivity index (χ1) is 7.84. The van der Waals surface area contributed by atoms with E-state index >= 15 is 0 Å². The molecule has 1 atom stereocenters. The molecule has 3 rings (SSSR count). The fourth-order valence-corrected chi connectivity index (χ4v) is 2.28. The minimum atomic E-state index is -0.182. The lowest BCUT2D eigenvalue weighted by atomic mass is 10.1. The quantitative estimate of drug-likeness (QED) is 0.728. The molecule has 2 aliphatic rings. The van der Waals surface area contributed by atoms with Gasteiger partial charge in [0.05, 0.1) is 6.04 Å². The summed E-state index contributed by atoms with van der Waals surface area (Å²) in [4.78, 5) is 13.8. The van der Waals surface area contributed by atoms with Crippen LogP contribution in [-0.4, -0.2) is 46.4 Å². The molecular weight excluding hydrogens is 206 g/mol. The summed E-state index contributed by atoms with van der Waals surface area (Å²) in [5.74, 6) is 0.154. The van der Waals surface area contributed by atoms with E-state index in [1.54, 1.807) is 6.20 Å². The Kier molecular flexibility index (Phi) is 2.40. The third-order valence-electron chi connectivity index (χ3n) is 3.28. The van der Waals surface area contributed by atoms with Gasteiger partial charge in [-0.2, -0.15) is 5.10 Å². The number of carbonyl (C=O) groups is 1. The Morgan fingerprint density at radius 2 is 2.31 bits per heavy atom. The van der Waals surface area contributed by atoms with E-state index in [9.17, 15) is 4.79 Å². The van der Waals surface area contributed by atoms with Crippen LogP contribution in [0.4, 0.5) is 0 Å². The summed E-state index contributed by atoms with van der Waals surface area (Å²) in [6.07, 6.45) is 5.41. The van der Waals surface area contributed by atoms with E-state index in [4.69, 9.17) is 4.74 Å². The van der Waals surface area contributed by atoms with E-state index in [1.807, 2.05) is 21.8 Å². The van der Waals surface area contributed by atoms with Gasteiger partial charge in [0.1, 0.15) is 6.10 Å². The molecule has 0 bridgehead atoms. The summed E-state index contributed by atoms with van der Waals surface area (Å²) in [6.45, 7) is 2.26. The second-order valence-electron chi connectivity index (χ2n) is 4.38. The largest absolute Gasteiger partial charge is 0.368 e. The molecule has 0 aliphatic carbocycles. The van der Waals surface area contributed by atoms with Gasteiger partial charge in [-0.1, -0.05) is 0 Å². The van der Waals surface area contributed by atoms with Crippen molar-refractivity contribution in [3.63, 3.8) is 0 Å². The van der Waals surface area contributed by atoms with Crippen LogP contribution in [0.1, 0.15) is 18.9 Å². The maximum atomic E-state index is 11.9. The Bertz CT molecular complexity index is 365. The van der Waals surface area contributed by atoms with Crippen LogP contribution in [0, 0.1) is 0 Å². The Morgan fingerprint density at radius 3 is 2.94 bits per heavy atom. The zero-order valence-corrected chi connectivity index (χ0v) is 9.08. The summed E-state index contributed by atoms with van der Waals surface area (Å²) in [7, 11) is 0. The molecule has 5 nitrogen and oxygen atoms in total. The predicted octanol–water partition coefficient (Wildman–Crippen LogP) is 0.445.